The highest BCUT2D eigenvalue weighted by atomic mass is 16.4. The number of benzene rings is 2. The molecule has 134 valence electrons. The van der Waals surface area contributed by atoms with Crippen molar-refractivity contribution in [3.8, 4) is 5.69 Å². The SMILES string of the molecule is Cc1ccc(-n2c(CN3CCC(C(=O)O)CC3)cc3ccccc32)cc1. The van der Waals surface area contributed by atoms with Gasteiger partial charge < -0.3 is 9.67 Å². The molecule has 4 rings (SSSR count). The van der Waals surface area contributed by atoms with Gasteiger partial charge in [-0.3, -0.25) is 9.69 Å². The molecule has 0 atom stereocenters. The Balaban J connectivity index is 1.66. The standard InChI is InChI=1S/C22H24N2O2/c1-16-6-8-19(9-7-16)24-20(14-18-4-2-3-5-21(18)24)15-23-12-10-17(11-13-23)22(25)26/h2-9,14,17H,10-13,15H2,1H3,(H,25,26). The summed E-state index contributed by atoms with van der Waals surface area (Å²) in [5, 5.41) is 10.4. The quantitative estimate of drug-likeness (QED) is 0.767. The second-order valence-electron chi connectivity index (χ2n) is 7.25. The minimum atomic E-state index is -0.654. The molecule has 2 aromatic carbocycles. The number of aryl methyl sites for hydroxylation is 1. The van der Waals surface area contributed by atoms with Crippen LogP contribution in [0.5, 0.6) is 0 Å². The van der Waals surface area contributed by atoms with E-state index < -0.39 is 5.97 Å². The van der Waals surface area contributed by atoms with Gasteiger partial charge >= 0.3 is 5.97 Å². The van der Waals surface area contributed by atoms with E-state index in [1.165, 1.54) is 27.8 Å². The Bertz CT molecular complexity index is 919. The van der Waals surface area contributed by atoms with Crippen molar-refractivity contribution in [3.63, 3.8) is 0 Å². The number of fused-ring (bicyclic) bond motifs is 1. The number of aromatic nitrogens is 1. The fourth-order valence-electron chi connectivity index (χ4n) is 3.89. The summed E-state index contributed by atoms with van der Waals surface area (Å²) < 4.78 is 2.33. The van der Waals surface area contributed by atoms with Crippen molar-refractivity contribution in [1.82, 2.24) is 9.47 Å². The molecule has 1 saturated heterocycles. The van der Waals surface area contributed by atoms with Gasteiger partial charge in [0.2, 0.25) is 0 Å². The lowest BCUT2D eigenvalue weighted by atomic mass is 9.97. The topological polar surface area (TPSA) is 45.5 Å². The van der Waals surface area contributed by atoms with E-state index in [2.05, 4.69) is 71.0 Å². The van der Waals surface area contributed by atoms with Gasteiger partial charge in [-0.1, -0.05) is 35.9 Å². The molecule has 1 aliphatic heterocycles. The van der Waals surface area contributed by atoms with Crippen LogP contribution in [0.2, 0.25) is 0 Å². The number of nitrogens with zero attached hydrogens (tertiary/aromatic N) is 2. The largest absolute Gasteiger partial charge is 0.481 e. The molecule has 0 amide bonds. The molecule has 1 N–H and O–H groups in total. The molecule has 26 heavy (non-hydrogen) atoms. The Morgan fingerprint density at radius 3 is 2.46 bits per heavy atom. The van der Waals surface area contributed by atoms with E-state index in [4.69, 9.17) is 0 Å². The van der Waals surface area contributed by atoms with Crippen LogP contribution in [0.3, 0.4) is 0 Å². The minimum absolute atomic E-state index is 0.186. The van der Waals surface area contributed by atoms with Crippen LogP contribution >= 0.6 is 0 Å². The summed E-state index contributed by atoms with van der Waals surface area (Å²) in [5.41, 5.74) is 4.89. The first-order valence-electron chi connectivity index (χ1n) is 9.23. The predicted octanol–water partition coefficient (Wildman–Crippen LogP) is 4.24. The lowest BCUT2D eigenvalue weighted by molar-refractivity contribution is -0.143. The summed E-state index contributed by atoms with van der Waals surface area (Å²) in [6.07, 6.45) is 1.47. The molecule has 3 aromatic rings. The number of hydrogen-bond acceptors (Lipinski definition) is 2. The van der Waals surface area contributed by atoms with Gasteiger partial charge in [0, 0.05) is 23.3 Å². The summed E-state index contributed by atoms with van der Waals surface area (Å²) in [5.74, 6) is -0.840. The smallest absolute Gasteiger partial charge is 0.306 e. The van der Waals surface area contributed by atoms with Crippen LogP contribution in [0.1, 0.15) is 24.1 Å². The number of rotatable bonds is 4. The molecule has 0 saturated carbocycles. The fourth-order valence-corrected chi connectivity index (χ4v) is 3.89. The maximum Gasteiger partial charge on any atom is 0.306 e. The van der Waals surface area contributed by atoms with Gasteiger partial charge in [-0.05, 0) is 57.1 Å². The van der Waals surface area contributed by atoms with Gasteiger partial charge in [0.25, 0.3) is 0 Å². The number of carboxylic acids is 1. The molecule has 0 bridgehead atoms. The average molecular weight is 348 g/mol. The molecular formula is C22H24N2O2. The maximum absolute atomic E-state index is 11.2. The Morgan fingerprint density at radius 1 is 1.08 bits per heavy atom. The summed E-state index contributed by atoms with van der Waals surface area (Å²) in [6, 6.07) is 19.4. The van der Waals surface area contributed by atoms with Crippen LogP contribution in [0.15, 0.2) is 54.6 Å². The number of carbonyl (C=O) groups is 1. The van der Waals surface area contributed by atoms with E-state index in [1.54, 1.807) is 0 Å². The number of hydrogen-bond donors (Lipinski definition) is 1. The van der Waals surface area contributed by atoms with Crippen LogP contribution in [0.25, 0.3) is 16.6 Å². The molecular weight excluding hydrogens is 324 g/mol. The molecule has 1 aliphatic rings. The molecule has 0 spiro atoms. The van der Waals surface area contributed by atoms with Crippen molar-refractivity contribution in [3.05, 3.63) is 65.9 Å². The van der Waals surface area contributed by atoms with Crippen LogP contribution in [-0.4, -0.2) is 33.6 Å². The summed E-state index contributed by atoms with van der Waals surface area (Å²) in [4.78, 5) is 13.6. The van der Waals surface area contributed by atoms with Gasteiger partial charge in [-0.25, -0.2) is 0 Å². The van der Waals surface area contributed by atoms with Crippen LogP contribution in [0, 0.1) is 12.8 Å². The Hall–Kier alpha value is -2.59. The van der Waals surface area contributed by atoms with Gasteiger partial charge in [-0.2, -0.15) is 0 Å². The first-order valence-corrected chi connectivity index (χ1v) is 9.23. The van der Waals surface area contributed by atoms with E-state index >= 15 is 0 Å². The summed E-state index contributed by atoms with van der Waals surface area (Å²) in [7, 11) is 0. The van der Waals surface area contributed by atoms with Crippen LogP contribution < -0.4 is 0 Å². The Morgan fingerprint density at radius 2 is 1.77 bits per heavy atom. The summed E-state index contributed by atoms with van der Waals surface area (Å²) in [6.45, 7) is 4.62. The van der Waals surface area contributed by atoms with Gasteiger partial charge in [0.1, 0.15) is 0 Å². The zero-order valence-corrected chi connectivity index (χ0v) is 15.1. The monoisotopic (exact) mass is 348 g/mol. The third kappa shape index (κ3) is 3.25. The summed E-state index contributed by atoms with van der Waals surface area (Å²) >= 11 is 0. The molecule has 4 nitrogen and oxygen atoms in total. The zero-order chi connectivity index (χ0) is 18.1. The number of aliphatic carboxylic acids is 1. The number of para-hydroxylation sites is 1. The zero-order valence-electron chi connectivity index (χ0n) is 15.1. The third-order valence-corrected chi connectivity index (χ3v) is 5.40. The normalized spacial score (nSPS) is 16.2. The predicted molar refractivity (Wildman–Crippen MR) is 104 cm³/mol. The molecule has 0 unspecified atom stereocenters. The first kappa shape index (κ1) is 16.9. The average Bonchev–Trinajstić information content (AvgIpc) is 3.01. The van der Waals surface area contributed by atoms with Gasteiger partial charge in [0.05, 0.1) is 11.4 Å². The maximum atomic E-state index is 11.2. The first-order chi connectivity index (χ1) is 12.6. The van der Waals surface area contributed by atoms with Crippen molar-refractivity contribution in [2.45, 2.75) is 26.3 Å². The van der Waals surface area contributed by atoms with Crippen molar-refractivity contribution < 1.29 is 9.90 Å². The van der Waals surface area contributed by atoms with Crippen molar-refractivity contribution in [1.29, 1.82) is 0 Å². The fraction of sp³-hybridized carbons (Fsp3) is 0.318. The second-order valence-corrected chi connectivity index (χ2v) is 7.25. The van der Waals surface area contributed by atoms with E-state index in [1.807, 2.05) is 0 Å². The third-order valence-electron chi connectivity index (χ3n) is 5.40. The lowest BCUT2D eigenvalue weighted by Crippen LogP contribution is -2.36. The number of carboxylic acid groups (broad SMARTS) is 1. The Kier molecular flexibility index (Phi) is 4.51. The highest BCUT2D eigenvalue weighted by Crippen LogP contribution is 2.27. The molecule has 0 aliphatic carbocycles. The van der Waals surface area contributed by atoms with E-state index in [0.29, 0.717) is 0 Å². The molecule has 2 heterocycles. The second kappa shape index (κ2) is 6.96. The van der Waals surface area contributed by atoms with E-state index in [0.717, 1.165) is 32.5 Å². The van der Waals surface area contributed by atoms with Crippen LogP contribution in [-0.2, 0) is 11.3 Å². The lowest BCUT2D eigenvalue weighted by Gasteiger charge is -2.30. The van der Waals surface area contributed by atoms with Crippen molar-refractivity contribution in [2.24, 2.45) is 5.92 Å². The van der Waals surface area contributed by atoms with Gasteiger partial charge in [0.15, 0.2) is 0 Å². The molecule has 4 heteroatoms. The minimum Gasteiger partial charge on any atom is -0.481 e. The molecule has 1 aromatic heterocycles. The van der Waals surface area contributed by atoms with Crippen molar-refractivity contribution >= 4 is 16.9 Å². The van der Waals surface area contributed by atoms with Gasteiger partial charge in [-0.15, -0.1) is 0 Å². The Labute approximate surface area is 153 Å². The molecule has 1 fully saturated rings. The number of piperidine rings is 1. The highest BCUT2D eigenvalue weighted by Gasteiger charge is 2.25. The highest BCUT2D eigenvalue weighted by molar-refractivity contribution is 5.83. The van der Waals surface area contributed by atoms with E-state index in [9.17, 15) is 9.90 Å². The van der Waals surface area contributed by atoms with E-state index in [-0.39, 0.29) is 5.92 Å². The van der Waals surface area contributed by atoms with Crippen molar-refractivity contribution in [2.75, 3.05) is 13.1 Å². The van der Waals surface area contributed by atoms with Crippen LogP contribution in [0.4, 0.5) is 0 Å². The number of likely N-dealkylation sites (tertiary alicyclic amines) is 1. The molecule has 0 radical (unpaired) electrons.